The summed E-state index contributed by atoms with van der Waals surface area (Å²) in [6.07, 6.45) is 4.68. The van der Waals surface area contributed by atoms with Gasteiger partial charge in [-0.15, -0.1) is 0 Å². The highest BCUT2D eigenvalue weighted by molar-refractivity contribution is 9.10. The van der Waals surface area contributed by atoms with Crippen LogP contribution in [0.5, 0.6) is 0 Å². The Morgan fingerprint density at radius 3 is 2.83 bits per heavy atom. The molecular formula is C17H17BrN2O3S. The van der Waals surface area contributed by atoms with E-state index in [4.69, 9.17) is 0 Å². The van der Waals surface area contributed by atoms with Gasteiger partial charge in [-0.1, -0.05) is 34.5 Å². The van der Waals surface area contributed by atoms with Crippen molar-refractivity contribution in [2.75, 3.05) is 13.1 Å². The molecule has 0 bridgehead atoms. The molecule has 1 aromatic carbocycles. The maximum Gasteiger partial charge on any atom is 0.293 e. The lowest BCUT2D eigenvalue weighted by Crippen LogP contribution is -2.40. The van der Waals surface area contributed by atoms with E-state index in [1.807, 2.05) is 24.3 Å². The van der Waals surface area contributed by atoms with Gasteiger partial charge in [-0.2, -0.15) is 0 Å². The van der Waals surface area contributed by atoms with Gasteiger partial charge in [0.15, 0.2) is 0 Å². The van der Waals surface area contributed by atoms with Gasteiger partial charge < -0.3 is 5.32 Å². The van der Waals surface area contributed by atoms with E-state index >= 15 is 0 Å². The highest BCUT2D eigenvalue weighted by Crippen LogP contribution is 2.32. The molecule has 0 radical (unpaired) electrons. The van der Waals surface area contributed by atoms with Crippen molar-refractivity contribution >= 4 is 50.8 Å². The minimum Gasteiger partial charge on any atom is -0.354 e. The lowest BCUT2D eigenvalue weighted by Gasteiger charge is -2.24. The molecule has 126 valence electrons. The summed E-state index contributed by atoms with van der Waals surface area (Å²) in [5, 5.41) is 2.51. The van der Waals surface area contributed by atoms with Crippen molar-refractivity contribution in [1.82, 2.24) is 10.2 Å². The maximum atomic E-state index is 12.4. The number of hydrogen-bond acceptors (Lipinski definition) is 4. The molecule has 0 spiro atoms. The number of imide groups is 1. The number of nitrogens with one attached hydrogen (secondary N) is 1. The van der Waals surface area contributed by atoms with Crippen LogP contribution in [0.4, 0.5) is 4.79 Å². The molecule has 0 aromatic heterocycles. The van der Waals surface area contributed by atoms with E-state index in [1.165, 1.54) is 4.90 Å². The molecule has 1 aliphatic heterocycles. The summed E-state index contributed by atoms with van der Waals surface area (Å²) in [5.74, 6) is -0.169. The van der Waals surface area contributed by atoms with E-state index in [0.717, 1.165) is 41.1 Å². The smallest absolute Gasteiger partial charge is 0.293 e. The highest BCUT2D eigenvalue weighted by atomic mass is 79.9. The van der Waals surface area contributed by atoms with Gasteiger partial charge in [0.25, 0.3) is 11.1 Å². The van der Waals surface area contributed by atoms with Crippen LogP contribution in [0, 0.1) is 5.92 Å². The van der Waals surface area contributed by atoms with E-state index < -0.39 is 0 Å². The van der Waals surface area contributed by atoms with E-state index in [2.05, 4.69) is 21.2 Å². The van der Waals surface area contributed by atoms with Gasteiger partial charge in [0.1, 0.15) is 0 Å². The zero-order valence-corrected chi connectivity index (χ0v) is 15.4. The van der Waals surface area contributed by atoms with Crippen LogP contribution in [0.1, 0.15) is 24.8 Å². The largest absolute Gasteiger partial charge is 0.354 e. The van der Waals surface area contributed by atoms with Crippen LogP contribution in [-0.2, 0) is 9.59 Å². The Morgan fingerprint density at radius 2 is 2.17 bits per heavy atom. The van der Waals surface area contributed by atoms with E-state index in [0.29, 0.717) is 11.4 Å². The van der Waals surface area contributed by atoms with Crippen molar-refractivity contribution in [1.29, 1.82) is 0 Å². The number of amides is 3. The summed E-state index contributed by atoms with van der Waals surface area (Å²) in [6.45, 7) is 0.510. The minimum absolute atomic E-state index is 0.0258. The molecule has 2 fully saturated rings. The molecule has 24 heavy (non-hydrogen) atoms. The first-order chi connectivity index (χ1) is 11.5. The number of thioether (sulfide) groups is 1. The second-order valence-corrected chi connectivity index (χ2v) is 7.72. The summed E-state index contributed by atoms with van der Waals surface area (Å²) in [6, 6.07) is 7.52. The summed E-state index contributed by atoms with van der Waals surface area (Å²) in [5.41, 5.74) is 0.855. The molecule has 2 aliphatic rings. The molecule has 1 saturated heterocycles. The quantitative estimate of drug-likeness (QED) is 0.758. The molecule has 0 atom stereocenters. The third kappa shape index (κ3) is 3.89. The molecule has 1 saturated carbocycles. The summed E-state index contributed by atoms with van der Waals surface area (Å²) >= 11 is 4.32. The average Bonchev–Trinajstić information content (AvgIpc) is 2.73. The minimum atomic E-state index is -0.303. The average molecular weight is 409 g/mol. The monoisotopic (exact) mass is 408 g/mol. The number of carbonyl (C=O) groups excluding carboxylic acids is 3. The molecule has 3 rings (SSSR count). The van der Waals surface area contributed by atoms with Crippen LogP contribution in [0.15, 0.2) is 33.6 Å². The Kier molecular flexibility index (Phi) is 5.40. The SMILES string of the molecule is O=C(NCCN1C(=O)S/C(=C\c2cccc(Br)c2)C1=O)C1CCC1. The number of rotatable bonds is 5. The third-order valence-corrected chi connectivity index (χ3v) is 5.53. The third-order valence-electron chi connectivity index (χ3n) is 4.13. The van der Waals surface area contributed by atoms with Crippen LogP contribution < -0.4 is 5.32 Å². The van der Waals surface area contributed by atoms with Crippen molar-refractivity contribution in [3.05, 3.63) is 39.2 Å². The molecule has 5 nitrogen and oxygen atoms in total. The van der Waals surface area contributed by atoms with Gasteiger partial charge >= 0.3 is 0 Å². The van der Waals surface area contributed by atoms with Gasteiger partial charge in [-0.05, 0) is 48.4 Å². The topological polar surface area (TPSA) is 66.5 Å². The van der Waals surface area contributed by atoms with Crippen molar-refractivity contribution in [2.24, 2.45) is 5.92 Å². The van der Waals surface area contributed by atoms with Gasteiger partial charge in [0, 0.05) is 23.5 Å². The van der Waals surface area contributed by atoms with E-state index in [9.17, 15) is 14.4 Å². The van der Waals surface area contributed by atoms with Crippen molar-refractivity contribution < 1.29 is 14.4 Å². The Bertz CT molecular complexity index is 716. The van der Waals surface area contributed by atoms with Crippen LogP contribution in [0.2, 0.25) is 0 Å². The molecule has 1 N–H and O–H groups in total. The molecular weight excluding hydrogens is 392 g/mol. The number of halogens is 1. The fourth-order valence-electron chi connectivity index (χ4n) is 2.55. The number of benzene rings is 1. The Morgan fingerprint density at radius 1 is 1.38 bits per heavy atom. The van der Waals surface area contributed by atoms with Gasteiger partial charge in [-0.3, -0.25) is 19.3 Å². The van der Waals surface area contributed by atoms with Crippen molar-refractivity contribution in [3.8, 4) is 0 Å². The van der Waals surface area contributed by atoms with Crippen LogP contribution >= 0.6 is 27.7 Å². The van der Waals surface area contributed by atoms with Gasteiger partial charge in [0.2, 0.25) is 5.91 Å². The maximum absolute atomic E-state index is 12.4. The van der Waals surface area contributed by atoms with Gasteiger partial charge in [-0.25, -0.2) is 0 Å². The normalized spacial score (nSPS) is 19.7. The molecule has 0 unspecified atom stereocenters. The predicted molar refractivity (Wildman–Crippen MR) is 97.2 cm³/mol. The lowest BCUT2D eigenvalue weighted by molar-refractivity contribution is -0.128. The highest BCUT2D eigenvalue weighted by Gasteiger charge is 2.35. The fourth-order valence-corrected chi connectivity index (χ4v) is 3.83. The zero-order chi connectivity index (χ0) is 17.1. The summed E-state index contributed by atoms with van der Waals surface area (Å²) in [7, 11) is 0. The number of nitrogens with zero attached hydrogens (tertiary/aromatic N) is 1. The van der Waals surface area contributed by atoms with Gasteiger partial charge in [0.05, 0.1) is 4.91 Å². The number of hydrogen-bond donors (Lipinski definition) is 1. The Balaban J connectivity index is 1.58. The molecule has 1 aliphatic carbocycles. The van der Waals surface area contributed by atoms with Crippen molar-refractivity contribution in [3.63, 3.8) is 0 Å². The van der Waals surface area contributed by atoms with Crippen LogP contribution in [-0.4, -0.2) is 35.0 Å². The van der Waals surface area contributed by atoms with Crippen molar-refractivity contribution in [2.45, 2.75) is 19.3 Å². The first kappa shape index (κ1) is 17.2. The molecule has 7 heteroatoms. The van der Waals surface area contributed by atoms with E-state index in [1.54, 1.807) is 6.08 Å². The lowest BCUT2D eigenvalue weighted by atomic mass is 9.85. The number of carbonyl (C=O) groups is 3. The van der Waals surface area contributed by atoms with E-state index in [-0.39, 0.29) is 29.5 Å². The second-order valence-electron chi connectivity index (χ2n) is 5.81. The molecule has 1 heterocycles. The Hall–Kier alpha value is -1.60. The summed E-state index contributed by atoms with van der Waals surface area (Å²) < 4.78 is 0.911. The second kappa shape index (κ2) is 7.53. The van der Waals surface area contributed by atoms with Crippen LogP contribution in [0.3, 0.4) is 0 Å². The fraction of sp³-hybridized carbons (Fsp3) is 0.353. The standard InChI is InChI=1S/C17H17BrN2O3S/c18-13-6-1-3-11(9-13)10-14-16(22)20(17(23)24-14)8-7-19-15(21)12-4-2-5-12/h1,3,6,9-10,12H,2,4-5,7-8H2,(H,19,21)/b14-10-. The zero-order valence-electron chi connectivity index (χ0n) is 13.0. The first-order valence-corrected chi connectivity index (χ1v) is 9.44. The molecule has 1 aromatic rings. The summed E-state index contributed by atoms with van der Waals surface area (Å²) in [4.78, 5) is 37.8. The Labute approximate surface area is 153 Å². The first-order valence-electron chi connectivity index (χ1n) is 7.83. The molecule has 3 amide bonds. The predicted octanol–water partition coefficient (Wildman–Crippen LogP) is 3.40. The van der Waals surface area contributed by atoms with Crippen LogP contribution in [0.25, 0.3) is 6.08 Å².